The van der Waals surface area contributed by atoms with Crippen molar-refractivity contribution in [3.63, 3.8) is 0 Å². The maximum Gasteiger partial charge on any atom is 0.219 e. The highest BCUT2D eigenvalue weighted by molar-refractivity contribution is 5.39. The number of aromatic nitrogens is 1. The Morgan fingerprint density at radius 1 is 1.21 bits per heavy atom. The van der Waals surface area contributed by atoms with Crippen LogP contribution in [0.5, 0.6) is 11.6 Å². The molecule has 14 heavy (non-hydrogen) atoms. The molecule has 0 fully saturated rings. The summed E-state index contributed by atoms with van der Waals surface area (Å²) in [5, 5.41) is 0. The Balaban J connectivity index is 0.000000791. The molecule has 0 N–H and O–H groups in total. The molecule has 0 radical (unpaired) electrons. The van der Waals surface area contributed by atoms with Gasteiger partial charge in [-0.25, -0.2) is 9.37 Å². The fourth-order valence-corrected chi connectivity index (χ4v) is 1.00. The van der Waals surface area contributed by atoms with E-state index in [1.807, 2.05) is 13.8 Å². The molecule has 0 saturated carbocycles. The highest BCUT2D eigenvalue weighted by Crippen LogP contribution is 2.27. The molecule has 0 unspecified atom stereocenters. The number of rotatable bonds is 2. The van der Waals surface area contributed by atoms with Crippen molar-refractivity contribution < 1.29 is 13.9 Å². The Labute approximate surface area is 83.9 Å². The lowest BCUT2D eigenvalue weighted by Crippen LogP contribution is -1.97. The van der Waals surface area contributed by atoms with Gasteiger partial charge in [-0.15, -0.1) is 0 Å². The van der Waals surface area contributed by atoms with Gasteiger partial charge in [-0.2, -0.15) is 0 Å². The lowest BCUT2D eigenvalue weighted by molar-refractivity contribution is 0.358. The maximum atomic E-state index is 12.9. The van der Waals surface area contributed by atoms with E-state index in [4.69, 9.17) is 9.47 Å². The molecule has 1 aromatic heterocycles. The number of pyridine rings is 1. The Bertz CT molecular complexity index is 290. The number of hydrogen-bond donors (Lipinski definition) is 0. The number of ether oxygens (including phenoxy) is 2. The smallest absolute Gasteiger partial charge is 0.219 e. The van der Waals surface area contributed by atoms with Crippen molar-refractivity contribution in [2.75, 3.05) is 14.2 Å². The predicted octanol–water partition coefficient (Wildman–Crippen LogP) is 2.57. The molecular formula is C10H16FNO2. The minimum Gasteiger partial charge on any atom is -0.493 e. The average molecular weight is 201 g/mol. The van der Waals surface area contributed by atoms with E-state index in [0.29, 0.717) is 11.4 Å². The first-order valence-corrected chi connectivity index (χ1v) is 4.43. The van der Waals surface area contributed by atoms with Crippen LogP contribution in [0.1, 0.15) is 19.4 Å². The zero-order chi connectivity index (χ0) is 11.1. The fraction of sp³-hybridized carbons (Fsp3) is 0.500. The topological polar surface area (TPSA) is 31.4 Å². The summed E-state index contributed by atoms with van der Waals surface area (Å²) in [5.41, 5.74) is 0.569. The molecule has 1 heterocycles. The second-order valence-corrected chi connectivity index (χ2v) is 2.27. The maximum absolute atomic E-state index is 12.9. The zero-order valence-electron chi connectivity index (χ0n) is 9.22. The lowest BCUT2D eigenvalue weighted by atomic mass is 10.2. The van der Waals surface area contributed by atoms with Gasteiger partial charge in [0.15, 0.2) is 11.6 Å². The predicted molar refractivity (Wildman–Crippen MR) is 53.4 cm³/mol. The summed E-state index contributed by atoms with van der Waals surface area (Å²) in [5.74, 6) is 0.0888. The molecular weight excluding hydrogens is 185 g/mol. The van der Waals surface area contributed by atoms with Crippen molar-refractivity contribution >= 4 is 0 Å². The van der Waals surface area contributed by atoms with E-state index in [1.54, 1.807) is 6.92 Å². The normalized spacial score (nSPS) is 8.71. The Morgan fingerprint density at radius 2 is 1.79 bits per heavy atom. The molecule has 3 nitrogen and oxygen atoms in total. The van der Waals surface area contributed by atoms with E-state index < -0.39 is 5.82 Å². The molecule has 4 heteroatoms. The van der Waals surface area contributed by atoms with Crippen LogP contribution in [0.25, 0.3) is 0 Å². The van der Waals surface area contributed by atoms with Gasteiger partial charge in [0.2, 0.25) is 5.88 Å². The third-order valence-corrected chi connectivity index (χ3v) is 1.57. The van der Waals surface area contributed by atoms with Crippen LogP contribution in [0.2, 0.25) is 0 Å². The van der Waals surface area contributed by atoms with E-state index in [-0.39, 0.29) is 5.75 Å². The van der Waals surface area contributed by atoms with Crippen molar-refractivity contribution in [1.82, 2.24) is 4.98 Å². The minimum atomic E-state index is -0.476. The van der Waals surface area contributed by atoms with Gasteiger partial charge in [-0.05, 0) is 6.92 Å². The van der Waals surface area contributed by atoms with E-state index >= 15 is 0 Å². The molecule has 0 saturated heterocycles. The molecule has 0 aromatic carbocycles. The molecule has 0 aliphatic rings. The summed E-state index contributed by atoms with van der Waals surface area (Å²) in [6, 6.07) is 0. The number of methoxy groups -OCH3 is 2. The Kier molecular flexibility index (Phi) is 5.60. The fourth-order valence-electron chi connectivity index (χ4n) is 1.00. The molecule has 0 amide bonds. The van der Waals surface area contributed by atoms with Gasteiger partial charge >= 0.3 is 0 Å². The summed E-state index contributed by atoms with van der Waals surface area (Å²) >= 11 is 0. The van der Waals surface area contributed by atoms with Gasteiger partial charge in [0, 0.05) is 0 Å². The molecule has 0 spiro atoms. The summed E-state index contributed by atoms with van der Waals surface area (Å²) < 4.78 is 22.6. The largest absolute Gasteiger partial charge is 0.493 e. The molecule has 1 rings (SSSR count). The minimum absolute atomic E-state index is 0.182. The number of halogens is 1. The van der Waals surface area contributed by atoms with Gasteiger partial charge in [0.1, 0.15) is 0 Å². The summed E-state index contributed by atoms with van der Waals surface area (Å²) in [6.07, 6.45) is 1.07. The van der Waals surface area contributed by atoms with Gasteiger partial charge in [-0.1, -0.05) is 13.8 Å². The van der Waals surface area contributed by atoms with Gasteiger partial charge in [-0.3, -0.25) is 0 Å². The monoisotopic (exact) mass is 201 g/mol. The van der Waals surface area contributed by atoms with Crippen molar-refractivity contribution in [2.45, 2.75) is 20.8 Å². The third-order valence-electron chi connectivity index (χ3n) is 1.57. The van der Waals surface area contributed by atoms with Gasteiger partial charge < -0.3 is 9.47 Å². The first-order chi connectivity index (χ1) is 6.70. The molecule has 1 aromatic rings. The van der Waals surface area contributed by atoms with Crippen LogP contribution in [0.4, 0.5) is 4.39 Å². The standard InChI is InChI=1S/C8H10FNO2.C2H6/c1-5-7(11-2)6(9)4-10-8(5)12-3;1-2/h4H,1-3H3;1-2H3. The second-order valence-electron chi connectivity index (χ2n) is 2.27. The van der Waals surface area contributed by atoms with E-state index in [1.165, 1.54) is 14.2 Å². The van der Waals surface area contributed by atoms with Crippen LogP contribution in [-0.4, -0.2) is 19.2 Å². The molecule has 0 aliphatic carbocycles. The van der Waals surface area contributed by atoms with E-state index in [2.05, 4.69) is 4.98 Å². The zero-order valence-corrected chi connectivity index (χ0v) is 9.22. The molecule has 0 aliphatic heterocycles. The van der Waals surface area contributed by atoms with Crippen LogP contribution in [-0.2, 0) is 0 Å². The van der Waals surface area contributed by atoms with E-state index in [0.717, 1.165) is 6.20 Å². The van der Waals surface area contributed by atoms with Crippen LogP contribution in [0.15, 0.2) is 6.20 Å². The lowest BCUT2D eigenvalue weighted by Gasteiger charge is -2.08. The Hall–Kier alpha value is -1.32. The second kappa shape index (κ2) is 6.18. The summed E-state index contributed by atoms with van der Waals surface area (Å²) in [6.45, 7) is 5.69. The third kappa shape index (κ3) is 2.58. The number of nitrogens with zero attached hydrogens (tertiary/aromatic N) is 1. The van der Waals surface area contributed by atoms with Gasteiger partial charge in [0.05, 0.1) is 26.0 Å². The van der Waals surface area contributed by atoms with Crippen LogP contribution in [0, 0.1) is 12.7 Å². The van der Waals surface area contributed by atoms with Crippen molar-refractivity contribution in [2.24, 2.45) is 0 Å². The highest BCUT2D eigenvalue weighted by Gasteiger charge is 2.11. The van der Waals surface area contributed by atoms with Crippen LogP contribution in [0.3, 0.4) is 0 Å². The first kappa shape index (κ1) is 12.7. The SMILES string of the molecule is CC.COc1ncc(F)c(OC)c1C. The summed E-state index contributed by atoms with van der Waals surface area (Å²) in [4.78, 5) is 3.73. The molecule has 0 bridgehead atoms. The first-order valence-electron chi connectivity index (χ1n) is 4.43. The highest BCUT2D eigenvalue weighted by atomic mass is 19.1. The average Bonchev–Trinajstić information content (AvgIpc) is 2.22. The van der Waals surface area contributed by atoms with Crippen molar-refractivity contribution in [3.8, 4) is 11.6 Å². The van der Waals surface area contributed by atoms with E-state index in [9.17, 15) is 4.39 Å². The van der Waals surface area contributed by atoms with Crippen molar-refractivity contribution in [3.05, 3.63) is 17.6 Å². The quantitative estimate of drug-likeness (QED) is 0.737. The molecule has 80 valence electrons. The van der Waals surface area contributed by atoms with Gasteiger partial charge in [0.25, 0.3) is 0 Å². The van der Waals surface area contributed by atoms with Crippen molar-refractivity contribution in [1.29, 1.82) is 0 Å². The summed E-state index contributed by atoms with van der Waals surface area (Å²) in [7, 11) is 2.89. The van der Waals surface area contributed by atoms with Crippen LogP contribution < -0.4 is 9.47 Å². The molecule has 0 atom stereocenters. The Morgan fingerprint density at radius 3 is 2.21 bits per heavy atom. The number of hydrogen-bond acceptors (Lipinski definition) is 3. The van der Waals surface area contributed by atoms with Crippen LogP contribution >= 0.6 is 0 Å².